The van der Waals surface area contributed by atoms with Gasteiger partial charge in [0.1, 0.15) is 5.82 Å². The van der Waals surface area contributed by atoms with Gasteiger partial charge in [-0.25, -0.2) is 4.98 Å². The smallest absolute Gasteiger partial charge is 0.308 e. The molecule has 0 spiro atoms. The van der Waals surface area contributed by atoms with Gasteiger partial charge in [0.25, 0.3) is 10.2 Å². The first kappa shape index (κ1) is 15.9. The normalized spacial score (nSPS) is 18.0. The Morgan fingerprint density at radius 1 is 1.52 bits per heavy atom. The molecule has 0 amide bonds. The number of methoxy groups -OCH3 is 1. The number of ether oxygens (including phenoxy) is 1. The molecule has 2 rings (SSSR count). The number of piperidine rings is 1. The molecule has 0 aromatic carbocycles. The van der Waals surface area contributed by atoms with Gasteiger partial charge >= 0.3 is 5.97 Å². The van der Waals surface area contributed by atoms with Crippen LogP contribution in [-0.2, 0) is 26.3 Å². The van der Waals surface area contributed by atoms with Gasteiger partial charge in [-0.3, -0.25) is 4.79 Å². The molecule has 0 unspecified atom stereocenters. The van der Waals surface area contributed by atoms with Crippen LogP contribution in [-0.4, -0.2) is 60.2 Å². The van der Waals surface area contributed by atoms with Crippen LogP contribution in [0.4, 0.5) is 0 Å². The van der Waals surface area contributed by atoms with Crippen LogP contribution in [0.15, 0.2) is 12.4 Å². The van der Waals surface area contributed by atoms with Gasteiger partial charge in [0.15, 0.2) is 0 Å². The fourth-order valence-corrected chi connectivity index (χ4v) is 3.71. The molecule has 0 saturated carbocycles. The van der Waals surface area contributed by atoms with Gasteiger partial charge in [-0.15, -0.1) is 0 Å². The second-order valence-corrected chi connectivity index (χ2v) is 7.03. The number of nitrogens with one attached hydrogen (secondary N) is 1. The highest BCUT2D eigenvalue weighted by atomic mass is 32.2. The predicted molar refractivity (Wildman–Crippen MR) is 75.3 cm³/mol. The van der Waals surface area contributed by atoms with E-state index in [4.69, 9.17) is 4.74 Å². The van der Waals surface area contributed by atoms with Gasteiger partial charge in [0, 0.05) is 32.5 Å². The number of esters is 1. The van der Waals surface area contributed by atoms with E-state index in [0.29, 0.717) is 31.8 Å². The lowest BCUT2D eigenvalue weighted by molar-refractivity contribution is -0.146. The van der Waals surface area contributed by atoms with Crippen molar-refractivity contribution in [3.63, 3.8) is 0 Å². The summed E-state index contributed by atoms with van der Waals surface area (Å²) in [6.45, 7) is 0.835. The van der Waals surface area contributed by atoms with E-state index in [9.17, 15) is 13.2 Å². The minimum atomic E-state index is -3.54. The number of imidazole rings is 1. The summed E-state index contributed by atoms with van der Waals surface area (Å²) in [4.78, 5) is 18.4. The topological polar surface area (TPSA) is 95.6 Å². The van der Waals surface area contributed by atoms with Crippen molar-refractivity contribution in [1.82, 2.24) is 18.6 Å². The summed E-state index contributed by atoms with van der Waals surface area (Å²) in [5.41, 5.74) is 0. The lowest BCUT2D eigenvalue weighted by Crippen LogP contribution is -2.46. The van der Waals surface area contributed by atoms with Gasteiger partial charge < -0.3 is 9.72 Å². The van der Waals surface area contributed by atoms with Crippen LogP contribution in [0.5, 0.6) is 0 Å². The van der Waals surface area contributed by atoms with E-state index in [-0.39, 0.29) is 18.4 Å². The van der Waals surface area contributed by atoms with E-state index < -0.39 is 10.2 Å². The summed E-state index contributed by atoms with van der Waals surface area (Å²) in [6.07, 6.45) is 4.20. The maximum atomic E-state index is 12.5. The van der Waals surface area contributed by atoms with Crippen LogP contribution >= 0.6 is 0 Å². The van der Waals surface area contributed by atoms with Crippen molar-refractivity contribution in [3.05, 3.63) is 18.2 Å². The molecule has 1 fully saturated rings. The molecular weight excluding hydrogens is 296 g/mol. The Morgan fingerprint density at radius 3 is 2.71 bits per heavy atom. The van der Waals surface area contributed by atoms with Crippen LogP contribution in [0.1, 0.15) is 18.7 Å². The first-order valence-corrected chi connectivity index (χ1v) is 8.12. The standard InChI is InChI=1S/C12H20N4O4S/c1-15(9-11-13-5-6-14-11)21(18,19)16-7-3-10(4-8-16)12(17)20-2/h5-6,10H,3-4,7-9H2,1-2H3,(H,13,14). The minimum absolute atomic E-state index is 0.187. The zero-order valence-electron chi connectivity index (χ0n) is 12.2. The summed E-state index contributed by atoms with van der Waals surface area (Å²) >= 11 is 0. The zero-order valence-corrected chi connectivity index (χ0v) is 13.0. The fraction of sp³-hybridized carbons (Fsp3) is 0.667. The van der Waals surface area contributed by atoms with Crippen molar-refractivity contribution in [2.75, 3.05) is 27.2 Å². The first-order chi connectivity index (χ1) is 9.95. The molecule has 21 heavy (non-hydrogen) atoms. The second kappa shape index (κ2) is 6.54. The third-order valence-electron chi connectivity index (χ3n) is 3.64. The van der Waals surface area contributed by atoms with E-state index in [0.717, 1.165) is 0 Å². The average molecular weight is 316 g/mol. The van der Waals surface area contributed by atoms with Gasteiger partial charge in [0.2, 0.25) is 0 Å². The molecule has 1 N–H and O–H groups in total. The highest BCUT2D eigenvalue weighted by Gasteiger charge is 2.33. The zero-order chi connectivity index (χ0) is 15.5. The van der Waals surface area contributed by atoms with E-state index in [1.54, 1.807) is 12.4 Å². The van der Waals surface area contributed by atoms with Crippen molar-refractivity contribution in [2.45, 2.75) is 19.4 Å². The molecular formula is C12H20N4O4S. The molecule has 1 aromatic rings. The van der Waals surface area contributed by atoms with E-state index >= 15 is 0 Å². The Hall–Kier alpha value is -1.45. The highest BCUT2D eigenvalue weighted by Crippen LogP contribution is 2.22. The fourth-order valence-electron chi connectivity index (χ4n) is 2.36. The Bertz CT molecular complexity index is 564. The predicted octanol–water partition coefficient (Wildman–Crippen LogP) is -0.0287. The maximum absolute atomic E-state index is 12.5. The Kier molecular flexibility index (Phi) is 4.96. The number of aromatic amines is 1. The lowest BCUT2D eigenvalue weighted by atomic mass is 9.99. The molecule has 1 aromatic heterocycles. The molecule has 0 radical (unpaired) electrons. The van der Waals surface area contributed by atoms with E-state index in [1.165, 1.54) is 22.8 Å². The van der Waals surface area contributed by atoms with Crippen molar-refractivity contribution in [3.8, 4) is 0 Å². The molecule has 2 heterocycles. The number of nitrogens with zero attached hydrogens (tertiary/aromatic N) is 3. The summed E-state index contributed by atoms with van der Waals surface area (Å²) in [7, 11) is -0.672. The highest BCUT2D eigenvalue weighted by molar-refractivity contribution is 7.86. The van der Waals surface area contributed by atoms with E-state index in [1.807, 2.05) is 0 Å². The SMILES string of the molecule is COC(=O)C1CCN(S(=O)(=O)N(C)Cc2ncc[nH]2)CC1. The molecule has 1 aliphatic rings. The first-order valence-electron chi connectivity index (χ1n) is 6.72. The Balaban J connectivity index is 1.96. The van der Waals surface area contributed by atoms with Crippen LogP contribution in [0, 0.1) is 5.92 Å². The Morgan fingerprint density at radius 2 is 2.19 bits per heavy atom. The lowest BCUT2D eigenvalue weighted by Gasteiger charge is -2.32. The molecule has 0 bridgehead atoms. The molecule has 0 aliphatic carbocycles. The van der Waals surface area contributed by atoms with Crippen molar-refractivity contribution >= 4 is 16.2 Å². The number of rotatable bonds is 5. The molecule has 1 aliphatic heterocycles. The van der Waals surface area contributed by atoms with Gasteiger partial charge in [0.05, 0.1) is 19.6 Å². The van der Waals surface area contributed by atoms with Crippen LogP contribution in [0.2, 0.25) is 0 Å². The number of hydrogen-bond acceptors (Lipinski definition) is 5. The third-order valence-corrected chi connectivity index (χ3v) is 5.57. The average Bonchev–Trinajstić information content (AvgIpc) is 2.99. The monoisotopic (exact) mass is 316 g/mol. The summed E-state index contributed by atoms with van der Waals surface area (Å²) in [5.74, 6) is 0.110. The van der Waals surface area contributed by atoms with Crippen molar-refractivity contribution in [1.29, 1.82) is 0 Å². The number of aromatic nitrogens is 2. The van der Waals surface area contributed by atoms with E-state index in [2.05, 4.69) is 9.97 Å². The maximum Gasteiger partial charge on any atom is 0.308 e. The van der Waals surface area contributed by atoms with Gasteiger partial charge in [-0.1, -0.05) is 0 Å². The molecule has 8 nitrogen and oxygen atoms in total. The summed E-state index contributed by atoms with van der Waals surface area (Å²) in [6, 6.07) is 0. The largest absolute Gasteiger partial charge is 0.469 e. The molecule has 0 atom stereocenters. The number of carbonyl (C=O) groups excluding carboxylic acids is 1. The third kappa shape index (κ3) is 3.60. The summed E-state index contributed by atoms with van der Waals surface area (Å²) < 4.78 is 32.3. The second-order valence-electron chi connectivity index (χ2n) is 5.00. The minimum Gasteiger partial charge on any atom is -0.469 e. The van der Waals surface area contributed by atoms with Crippen molar-refractivity contribution < 1.29 is 17.9 Å². The number of carbonyl (C=O) groups is 1. The molecule has 1 saturated heterocycles. The van der Waals surface area contributed by atoms with Crippen LogP contribution < -0.4 is 0 Å². The van der Waals surface area contributed by atoms with Crippen LogP contribution in [0.25, 0.3) is 0 Å². The quantitative estimate of drug-likeness (QED) is 0.770. The Labute approximate surface area is 124 Å². The number of hydrogen-bond donors (Lipinski definition) is 1. The number of H-pyrrole nitrogens is 1. The summed E-state index contributed by atoms with van der Waals surface area (Å²) in [5, 5.41) is 0. The molecule has 118 valence electrons. The molecule has 9 heteroatoms. The van der Waals surface area contributed by atoms with Gasteiger partial charge in [-0.2, -0.15) is 17.0 Å². The van der Waals surface area contributed by atoms with Crippen LogP contribution in [0.3, 0.4) is 0 Å². The van der Waals surface area contributed by atoms with Gasteiger partial charge in [-0.05, 0) is 12.8 Å². The van der Waals surface area contributed by atoms with Crippen molar-refractivity contribution in [2.24, 2.45) is 5.92 Å².